The maximum atomic E-state index is 5.90. The first-order valence-electron chi connectivity index (χ1n) is 7.29. The number of hydrogen-bond acceptors (Lipinski definition) is 3. The molecule has 1 saturated heterocycles. The molecule has 0 amide bonds. The molecular formula is C16H23N3S. The number of rotatable bonds is 2. The minimum absolute atomic E-state index is 0.0551. The topological polar surface area (TPSA) is 43.8 Å². The number of nitrogens with zero attached hydrogens (tertiary/aromatic N) is 2. The van der Waals surface area contributed by atoms with E-state index >= 15 is 0 Å². The minimum atomic E-state index is 0.0551. The predicted octanol–water partition coefficient (Wildman–Crippen LogP) is 3.67. The molecule has 1 aliphatic heterocycles. The Balaban J connectivity index is 2.10. The van der Waals surface area contributed by atoms with Crippen molar-refractivity contribution in [3.8, 4) is 0 Å². The van der Waals surface area contributed by atoms with Crippen molar-refractivity contribution in [2.75, 3.05) is 17.2 Å². The first kappa shape index (κ1) is 13.8. The van der Waals surface area contributed by atoms with Crippen molar-refractivity contribution < 1.29 is 0 Å². The van der Waals surface area contributed by atoms with Crippen molar-refractivity contribution in [1.29, 1.82) is 0 Å². The van der Waals surface area contributed by atoms with Crippen LogP contribution < -0.4 is 5.73 Å². The molecule has 0 spiro atoms. The van der Waals surface area contributed by atoms with Gasteiger partial charge in [0.05, 0.1) is 11.0 Å². The van der Waals surface area contributed by atoms with Crippen LogP contribution in [0.2, 0.25) is 0 Å². The smallest absolute Gasteiger partial charge is 0.115 e. The molecule has 20 heavy (non-hydrogen) atoms. The van der Waals surface area contributed by atoms with Gasteiger partial charge in [-0.25, -0.2) is 4.98 Å². The monoisotopic (exact) mass is 289 g/mol. The highest BCUT2D eigenvalue weighted by molar-refractivity contribution is 7.99. The number of fused-ring (bicyclic) bond motifs is 1. The fraction of sp³-hybridized carbons (Fsp3) is 0.562. The summed E-state index contributed by atoms with van der Waals surface area (Å²) in [6, 6.07) is 6.09. The van der Waals surface area contributed by atoms with E-state index in [4.69, 9.17) is 10.7 Å². The number of thioether (sulfide) groups is 1. The van der Waals surface area contributed by atoms with Crippen LogP contribution in [0.25, 0.3) is 11.0 Å². The van der Waals surface area contributed by atoms with Crippen LogP contribution >= 0.6 is 11.8 Å². The molecule has 1 atom stereocenters. The normalized spacial score (nSPS) is 19.9. The van der Waals surface area contributed by atoms with Gasteiger partial charge in [0.15, 0.2) is 0 Å². The summed E-state index contributed by atoms with van der Waals surface area (Å²) in [5, 5.41) is 0. The Morgan fingerprint density at radius 3 is 2.85 bits per heavy atom. The molecule has 0 saturated carbocycles. The van der Waals surface area contributed by atoms with Gasteiger partial charge in [-0.2, -0.15) is 11.8 Å². The van der Waals surface area contributed by atoms with E-state index in [0.717, 1.165) is 23.7 Å². The number of anilines is 1. The van der Waals surface area contributed by atoms with Crippen LogP contribution in [0, 0.1) is 5.92 Å². The molecule has 1 aromatic heterocycles. The van der Waals surface area contributed by atoms with Crippen molar-refractivity contribution >= 4 is 28.5 Å². The molecule has 2 N–H and O–H groups in total. The highest BCUT2D eigenvalue weighted by Gasteiger charge is 2.25. The molecule has 0 bridgehead atoms. The van der Waals surface area contributed by atoms with Gasteiger partial charge in [0, 0.05) is 17.6 Å². The lowest BCUT2D eigenvalue weighted by Crippen LogP contribution is -2.21. The summed E-state index contributed by atoms with van der Waals surface area (Å²) in [5.41, 5.74) is 9.00. The van der Waals surface area contributed by atoms with Crippen molar-refractivity contribution in [2.45, 2.75) is 39.2 Å². The predicted molar refractivity (Wildman–Crippen MR) is 88.3 cm³/mol. The summed E-state index contributed by atoms with van der Waals surface area (Å²) < 4.78 is 2.42. The van der Waals surface area contributed by atoms with Gasteiger partial charge in [-0.15, -0.1) is 0 Å². The average Bonchev–Trinajstić information content (AvgIpc) is 2.97. The van der Waals surface area contributed by atoms with E-state index in [2.05, 4.69) is 43.2 Å². The number of imidazole rings is 1. The van der Waals surface area contributed by atoms with Crippen LogP contribution in [0.5, 0.6) is 0 Å². The minimum Gasteiger partial charge on any atom is -0.399 e. The van der Waals surface area contributed by atoms with Gasteiger partial charge in [-0.05, 0) is 42.0 Å². The Labute approximate surface area is 124 Å². The Hall–Kier alpha value is -1.16. The lowest BCUT2D eigenvalue weighted by molar-refractivity contribution is 0.445. The molecule has 4 heteroatoms. The third-order valence-corrected chi connectivity index (χ3v) is 5.14. The SMILES string of the molecule is CC(C)(C)c1nc2cc(N)ccc2n1CC1CCSC1. The van der Waals surface area contributed by atoms with Gasteiger partial charge in [-0.1, -0.05) is 20.8 Å². The quantitative estimate of drug-likeness (QED) is 0.858. The number of nitrogen functional groups attached to an aromatic ring is 1. The van der Waals surface area contributed by atoms with Gasteiger partial charge in [-0.3, -0.25) is 0 Å². The molecule has 1 aliphatic rings. The zero-order valence-corrected chi connectivity index (χ0v) is 13.3. The van der Waals surface area contributed by atoms with Gasteiger partial charge >= 0.3 is 0 Å². The van der Waals surface area contributed by atoms with Gasteiger partial charge < -0.3 is 10.3 Å². The lowest BCUT2D eigenvalue weighted by Gasteiger charge is -2.22. The summed E-state index contributed by atoms with van der Waals surface area (Å²) in [7, 11) is 0. The average molecular weight is 289 g/mol. The molecule has 2 aromatic rings. The molecule has 3 nitrogen and oxygen atoms in total. The highest BCUT2D eigenvalue weighted by atomic mass is 32.2. The van der Waals surface area contributed by atoms with E-state index in [1.165, 1.54) is 29.3 Å². The first-order valence-corrected chi connectivity index (χ1v) is 8.44. The van der Waals surface area contributed by atoms with E-state index in [1.54, 1.807) is 0 Å². The van der Waals surface area contributed by atoms with Gasteiger partial charge in [0.25, 0.3) is 0 Å². The molecule has 1 unspecified atom stereocenters. The molecule has 2 heterocycles. The number of hydrogen-bond donors (Lipinski definition) is 1. The van der Waals surface area contributed by atoms with Crippen LogP contribution in [0.3, 0.4) is 0 Å². The maximum Gasteiger partial charge on any atom is 0.115 e. The zero-order valence-electron chi connectivity index (χ0n) is 12.5. The van der Waals surface area contributed by atoms with E-state index < -0.39 is 0 Å². The Kier molecular flexibility index (Phi) is 3.44. The standard InChI is InChI=1S/C16H23N3S/c1-16(2,3)15-18-13-8-12(17)4-5-14(13)19(15)9-11-6-7-20-10-11/h4-5,8,11H,6-7,9-10,17H2,1-3H3. The van der Waals surface area contributed by atoms with Crippen molar-refractivity contribution in [2.24, 2.45) is 5.92 Å². The molecular weight excluding hydrogens is 266 g/mol. The molecule has 0 radical (unpaired) electrons. The number of benzene rings is 1. The van der Waals surface area contributed by atoms with E-state index in [-0.39, 0.29) is 5.41 Å². The van der Waals surface area contributed by atoms with Gasteiger partial charge in [0.1, 0.15) is 5.82 Å². The largest absolute Gasteiger partial charge is 0.399 e. The maximum absolute atomic E-state index is 5.90. The molecule has 1 aromatic carbocycles. The van der Waals surface area contributed by atoms with E-state index in [0.29, 0.717) is 0 Å². The molecule has 1 fully saturated rings. The summed E-state index contributed by atoms with van der Waals surface area (Å²) in [6.07, 6.45) is 1.32. The van der Waals surface area contributed by atoms with Crippen LogP contribution in [0.15, 0.2) is 18.2 Å². The van der Waals surface area contributed by atoms with Crippen LogP contribution in [0.4, 0.5) is 5.69 Å². The second-order valence-corrected chi connectivity index (χ2v) is 7.92. The van der Waals surface area contributed by atoms with Crippen LogP contribution in [0.1, 0.15) is 33.0 Å². The molecule has 108 valence electrons. The summed E-state index contributed by atoms with van der Waals surface area (Å²) >= 11 is 2.07. The summed E-state index contributed by atoms with van der Waals surface area (Å²) in [5.74, 6) is 4.53. The Bertz CT molecular complexity index is 618. The van der Waals surface area contributed by atoms with Crippen molar-refractivity contribution in [3.05, 3.63) is 24.0 Å². The molecule has 3 rings (SSSR count). The van der Waals surface area contributed by atoms with E-state index in [9.17, 15) is 0 Å². The van der Waals surface area contributed by atoms with Crippen LogP contribution in [-0.2, 0) is 12.0 Å². The highest BCUT2D eigenvalue weighted by Crippen LogP contribution is 2.31. The van der Waals surface area contributed by atoms with E-state index in [1.807, 2.05) is 12.1 Å². The Morgan fingerprint density at radius 1 is 1.40 bits per heavy atom. The second-order valence-electron chi connectivity index (χ2n) is 6.77. The third-order valence-electron chi connectivity index (χ3n) is 3.91. The summed E-state index contributed by atoms with van der Waals surface area (Å²) in [4.78, 5) is 4.86. The zero-order chi connectivity index (χ0) is 14.3. The number of aromatic nitrogens is 2. The Morgan fingerprint density at radius 2 is 2.20 bits per heavy atom. The third kappa shape index (κ3) is 2.53. The second kappa shape index (κ2) is 4.99. The fourth-order valence-corrected chi connectivity index (χ4v) is 4.16. The van der Waals surface area contributed by atoms with Crippen molar-refractivity contribution in [1.82, 2.24) is 9.55 Å². The summed E-state index contributed by atoms with van der Waals surface area (Å²) in [6.45, 7) is 7.78. The number of nitrogens with two attached hydrogens (primary N) is 1. The lowest BCUT2D eigenvalue weighted by atomic mass is 9.95. The fourth-order valence-electron chi connectivity index (χ4n) is 2.89. The van der Waals surface area contributed by atoms with Crippen LogP contribution in [-0.4, -0.2) is 21.1 Å². The first-order chi connectivity index (χ1) is 9.45. The van der Waals surface area contributed by atoms with Crippen molar-refractivity contribution in [3.63, 3.8) is 0 Å². The molecule has 0 aliphatic carbocycles. The van der Waals surface area contributed by atoms with Gasteiger partial charge in [0.2, 0.25) is 0 Å².